The molecule has 2 aliphatic rings. The van der Waals surface area contributed by atoms with Gasteiger partial charge in [-0.15, -0.1) is 0 Å². The highest BCUT2D eigenvalue weighted by Crippen LogP contribution is 2.39. The highest BCUT2D eigenvalue weighted by molar-refractivity contribution is 6.10. The number of carbonyl (C=O) groups is 3. The monoisotopic (exact) mass is 453 g/mol. The molecule has 2 aromatic carbocycles. The van der Waals surface area contributed by atoms with E-state index in [1.807, 2.05) is 0 Å². The Morgan fingerprint density at radius 1 is 1.15 bits per heavy atom. The molecule has 0 atom stereocenters. The number of esters is 1. The lowest BCUT2D eigenvalue weighted by Gasteiger charge is -2.16. The molecular formula is C22H19N3O8. The topological polar surface area (TPSA) is 137 Å². The highest BCUT2D eigenvalue weighted by atomic mass is 16.6. The smallest absolute Gasteiger partial charge is 0.326 e. The summed E-state index contributed by atoms with van der Waals surface area (Å²) in [5.74, 6) is -1.55. The quantitative estimate of drug-likeness (QED) is 0.400. The fraction of sp³-hybridized carbons (Fsp3) is 0.227. The zero-order valence-corrected chi connectivity index (χ0v) is 17.4. The van der Waals surface area contributed by atoms with Crippen LogP contribution in [-0.2, 0) is 14.3 Å². The molecule has 2 amide bonds. The Morgan fingerprint density at radius 2 is 1.82 bits per heavy atom. The van der Waals surface area contributed by atoms with Crippen LogP contribution in [0.5, 0.6) is 11.5 Å². The van der Waals surface area contributed by atoms with Gasteiger partial charge in [0.1, 0.15) is 12.2 Å². The van der Waals surface area contributed by atoms with E-state index in [4.69, 9.17) is 14.2 Å². The van der Waals surface area contributed by atoms with Crippen LogP contribution >= 0.6 is 0 Å². The van der Waals surface area contributed by atoms with Crippen LogP contribution in [0.3, 0.4) is 0 Å². The number of nitrogens with one attached hydrogen (secondary N) is 1. The average molecular weight is 453 g/mol. The summed E-state index contributed by atoms with van der Waals surface area (Å²) in [7, 11) is 0. The summed E-state index contributed by atoms with van der Waals surface area (Å²) in [6.07, 6.45) is 0.608. The fourth-order valence-electron chi connectivity index (χ4n) is 3.46. The Balaban J connectivity index is 1.37. The van der Waals surface area contributed by atoms with Crippen LogP contribution in [0, 0.1) is 10.1 Å². The van der Waals surface area contributed by atoms with E-state index >= 15 is 0 Å². The molecule has 33 heavy (non-hydrogen) atoms. The first kappa shape index (κ1) is 21.8. The van der Waals surface area contributed by atoms with E-state index in [1.54, 1.807) is 24.3 Å². The lowest BCUT2D eigenvalue weighted by atomic mass is 10.1. The number of ether oxygens (including phenoxy) is 3. The molecule has 2 aliphatic heterocycles. The molecule has 0 bridgehead atoms. The Kier molecular flexibility index (Phi) is 5.94. The number of amides is 2. The maximum Gasteiger partial charge on any atom is 0.326 e. The molecular weight excluding hydrogens is 434 g/mol. The minimum Gasteiger partial charge on any atom is -0.489 e. The van der Waals surface area contributed by atoms with Crippen molar-refractivity contribution >= 4 is 34.9 Å². The molecule has 0 unspecified atom stereocenters. The highest BCUT2D eigenvalue weighted by Gasteiger charge is 2.32. The maximum atomic E-state index is 12.5. The van der Waals surface area contributed by atoms with Gasteiger partial charge in [0.05, 0.1) is 24.2 Å². The van der Waals surface area contributed by atoms with Crippen LogP contribution in [-0.4, -0.2) is 54.0 Å². The Labute approximate surface area is 187 Å². The second-order valence-corrected chi connectivity index (χ2v) is 7.22. The van der Waals surface area contributed by atoms with E-state index in [0.29, 0.717) is 36.5 Å². The van der Waals surface area contributed by atoms with Gasteiger partial charge in [0.2, 0.25) is 0 Å². The molecule has 0 radical (unpaired) electrons. The van der Waals surface area contributed by atoms with Crippen molar-refractivity contribution in [3.05, 3.63) is 64.2 Å². The third kappa shape index (κ3) is 4.47. The SMILES string of the molecule is C=C1c2ccccc2C(=O)N1CC(=O)OCC(=O)Nc1cc2c(cc1[N+](=O)[O-])OCCCO2. The number of nitrogens with zero attached hydrogens (tertiary/aromatic N) is 2. The van der Waals surface area contributed by atoms with Crippen molar-refractivity contribution in [2.75, 3.05) is 31.7 Å². The molecule has 4 rings (SSSR count). The summed E-state index contributed by atoms with van der Waals surface area (Å²) < 4.78 is 15.9. The molecule has 170 valence electrons. The van der Waals surface area contributed by atoms with Gasteiger partial charge < -0.3 is 19.5 Å². The number of hydrogen-bond acceptors (Lipinski definition) is 8. The van der Waals surface area contributed by atoms with Crippen LogP contribution in [0.4, 0.5) is 11.4 Å². The lowest BCUT2D eigenvalue weighted by molar-refractivity contribution is -0.384. The van der Waals surface area contributed by atoms with Crippen molar-refractivity contribution in [3.63, 3.8) is 0 Å². The van der Waals surface area contributed by atoms with E-state index < -0.39 is 35.6 Å². The van der Waals surface area contributed by atoms with Gasteiger partial charge in [-0.05, 0) is 6.07 Å². The minimum absolute atomic E-state index is 0.121. The van der Waals surface area contributed by atoms with Gasteiger partial charge in [-0.25, -0.2) is 0 Å². The lowest BCUT2D eigenvalue weighted by Crippen LogP contribution is -2.32. The molecule has 11 heteroatoms. The van der Waals surface area contributed by atoms with Gasteiger partial charge in [0.25, 0.3) is 17.5 Å². The van der Waals surface area contributed by atoms with Gasteiger partial charge >= 0.3 is 5.97 Å². The van der Waals surface area contributed by atoms with E-state index in [-0.39, 0.29) is 23.1 Å². The first-order chi connectivity index (χ1) is 15.8. The van der Waals surface area contributed by atoms with Crippen molar-refractivity contribution in [2.45, 2.75) is 6.42 Å². The number of carbonyl (C=O) groups excluding carboxylic acids is 3. The third-order valence-electron chi connectivity index (χ3n) is 5.03. The van der Waals surface area contributed by atoms with Crippen molar-refractivity contribution in [2.24, 2.45) is 0 Å². The largest absolute Gasteiger partial charge is 0.489 e. The van der Waals surface area contributed by atoms with Crippen molar-refractivity contribution in [1.29, 1.82) is 0 Å². The fourth-order valence-corrected chi connectivity index (χ4v) is 3.46. The van der Waals surface area contributed by atoms with Gasteiger partial charge in [-0.2, -0.15) is 0 Å². The average Bonchev–Trinajstić information content (AvgIpc) is 2.94. The second-order valence-electron chi connectivity index (χ2n) is 7.22. The Bertz CT molecular complexity index is 1140. The number of nitro benzene ring substituents is 1. The predicted octanol–water partition coefficient (Wildman–Crippen LogP) is 2.36. The van der Waals surface area contributed by atoms with Crippen molar-refractivity contribution in [1.82, 2.24) is 4.90 Å². The number of rotatable bonds is 6. The minimum atomic E-state index is -0.833. The summed E-state index contributed by atoms with van der Waals surface area (Å²) in [6.45, 7) is 3.41. The van der Waals surface area contributed by atoms with Crippen molar-refractivity contribution < 1.29 is 33.5 Å². The molecule has 0 aromatic heterocycles. The standard InChI is InChI=1S/C22H19N3O8/c1-13-14-5-2-3-6-15(14)22(28)24(13)11-21(27)33-12-20(26)23-16-9-18-19(10-17(16)25(29)30)32-8-4-7-31-18/h2-3,5-6,9-10H,1,4,7-8,11-12H2,(H,23,26). The van der Waals surface area contributed by atoms with Crippen LogP contribution in [0.2, 0.25) is 0 Å². The molecule has 2 heterocycles. The molecule has 0 spiro atoms. The van der Waals surface area contributed by atoms with Gasteiger partial charge in [0.15, 0.2) is 18.1 Å². The molecule has 2 aromatic rings. The summed E-state index contributed by atoms with van der Waals surface area (Å²) in [4.78, 5) is 48.9. The summed E-state index contributed by atoms with van der Waals surface area (Å²) in [5, 5.41) is 13.8. The van der Waals surface area contributed by atoms with Crippen LogP contribution in [0.15, 0.2) is 43.0 Å². The van der Waals surface area contributed by atoms with E-state index in [9.17, 15) is 24.5 Å². The Morgan fingerprint density at radius 3 is 2.48 bits per heavy atom. The predicted molar refractivity (Wildman–Crippen MR) is 115 cm³/mol. The van der Waals surface area contributed by atoms with Crippen LogP contribution < -0.4 is 14.8 Å². The Hall–Kier alpha value is -4.41. The molecule has 0 saturated heterocycles. The molecule has 0 saturated carbocycles. The van der Waals surface area contributed by atoms with E-state index in [0.717, 1.165) is 0 Å². The second kappa shape index (κ2) is 8.99. The third-order valence-corrected chi connectivity index (χ3v) is 5.03. The van der Waals surface area contributed by atoms with Crippen LogP contribution in [0.1, 0.15) is 22.3 Å². The molecule has 0 aliphatic carbocycles. The zero-order valence-electron chi connectivity index (χ0n) is 17.4. The maximum absolute atomic E-state index is 12.5. The van der Waals surface area contributed by atoms with E-state index in [1.165, 1.54) is 17.0 Å². The van der Waals surface area contributed by atoms with E-state index in [2.05, 4.69) is 11.9 Å². The number of benzene rings is 2. The number of anilines is 1. The summed E-state index contributed by atoms with van der Waals surface area (Å²) in [6, 6.07) is 9.27. The first-order valence-electron chi connectivity index (χ1n) is 9.99. The summed E-state index contributed by atoms with van der Waals surface area (Å²) >= 11 is 0. The zero-order chi connectivity index (χ0) is 23.5. The van der Waals surface area contributed by atoms with Crippen LogP contribution in [0.25, 0.3) is 5.70 Å². The van der Waals surface area contributed by atoms with Gasteiger partial charge in [0, 0.05) is 29.3 Å². The van der Waals surface area contributed by atoms with Crippen molar-refractivity contribution in [3.8, 4) is 11.5 Å². The normalized spacial score (nSPS) is 14.4. The molecule has 0 fully saturated rings. The molecule has 1 N–H and O–H groups in total. The summed E-state index contributed by atoms with van der Waals surface area (Å²) in [5.41, 5.74) is 0.892. The van der Waals surface area contributed by atoms with Gasteiger partial charge in [-0.1, -0.05) is 24.8 Å². The molecule has 11 nitrogen and oxygen atoms in total. The number of hydrogen-bond donors (Lipinski definition) is 1. The number of fused-ring (bicyclic) bond motifs is 2. The first-order valence-corrected chi connectivity index (χ1v) is 9.99. The van der Waals surface area contributed by atoms with Gasteiger partial charge in [-0.3, -0.25) is 29.4 Å². The number of nitro groups is 1.